The molecule has 2 nitrogen and oxygen atoms in total. The zero-order valence-corrected chi connectivity index (χ0v) is 11.7. The second-order valence-corrected chi connectivity index (χ2v) is 5.25. The average molecular weight is 226 g/mol. The smallest absolute Gasteiger partial charge is 0.0113 e. The second-order valence-electron chi connectivity index (χ2n) is 5.25. The molecular formula is C14H30N2. The maximum Gasteiger partial charge on any atom is 0.0113 e. The highest BCUT2D eigenvalue weighted by Crippen LogP contribution is 2.27. The highest BCUT2D eigenvalue weighted by Gasteiger charge is 2.25. The Balaban J connectivity index is 0.000000606. The van der Waals surface area contributed by atoms with Crippen LogP contribution in [-0.2, 0) is 0 Å². The number of hydrogen-bond donors (Lipinski definition) is 0. The van der Waals surface area contributed by atoms with Crippen LogP contribution < -0.4 is 0 Å². The van der Waals surface area contributed by atoms with Gasteiger partial charge < -0.3 is 4.90 Å². The molecule has 2 rings (SSSR count). The van der Waals surface area contributed by atoms with Gasteiger partial charge in [-0.3, -0.25) is 4.90 Å². The summed E-state index contributed by atoms with van der Waals surface area (Å²) in [6.07, 6.45) is 5.81. The van der Waals surface area contributed by atoms with E-state index in [-0.39, 0.29) is 0 Å². The molecule has 0 aromatic rings. The van der Waals surface area contributed by atoms with Gasteiger partial charge in [-0.15, -0.1) is 0 Å². The number of piperazine rings is 1. The van der Waals surface area contributed by atoms with Crippen molar-refractivity contribution in [1.29, 1.82) is 0 Å². The summed E-state index contributed by atoms with van der Waals surface area (Å²) in [6.45, 7) is 11.5. The summed E-state index contributed by atoms with van der Waals surface area (Å²) < 4.78 is 0. The van der Waals surface area contributed by atoms with Crippen molar-refractivity contribution < 1.29 is 0 Å². The maximum absolute atomic E-state index is 2.73. The van der Waals surface area contributed by atoms with Crippen molar-refractivity contribution in [1.82, 2.24) is 9.80 Å². The van der Waals surface area contributed by atoms with Crippen LogP contribution in [0.5, 0.6) is 0 Å². The summed E-state index contributed by atoms with van der Waals surface area (Å²) in [5.74, 6) is 0.985. The molecule has 0 atom stereocenters. The number of likely N-dealkylation sites (N-methyl/N-ethyl adjacent to an activating group) is 1. The Hall–Kier alpha value is -0.0800. The molecule has 0 amide bonds. The first-order chi connectivity index (χ1) is 7.75. The Kier molecular flexibility index (Phi) is 6.37. The van der Waals surface area contributed by atoms with E-state index in [0.29, 0.717) is 0 Å². The van der Waals surface area contributed by atoms with Crippen LogP contribution in [0.15, 0.2) is 0 Å². The zero-order chi connectivity index (χ0) is 12.0. The van der Waals surface area contributed by atoms with E-state index >= 15 is 0 Å². The lowest BCUT2D eigenvalue weighted by Gasteiger charge is -2.40. The van der Waals surface area contributed by atoms with Gasteiger partial charge >= 0.3 is 0 Å². The molecule has 1 saturated heterocycles. The minimum absolute atomic E-state index is 0.917. The van der Waals surface area contributed by atoms with Crippen LogP contribution in [0.25, 0.3) is 0 Å². The Morgan fingerprint density at radius 2 is 1.31 bits per heavy atom. The Labute approximate surface area is 102 Å². The molecule has 1 aliphatic heterocycles. The molecule has 96 valence electrons. The third-order valence-corrected chi connectivity index (χ3v) is 4.04. The zero-order valence-electron chi connectivity index (χ0n) is 11.7. The van der Waals surface area contributed by atoms with E-state index in [4.69, 9.17) is 0 Å². The topological polar surface area (TPSA) is 6.48 Å². The van der Waals surface area contributed by atoms with Crippen LogP contribution in [0.3, 0.4) is 0 Å². The fourth-order valence-electron chi connectivity index (χ4n) is 2.79. The van der Waals surface area contributed by atoms with Crippen LogP contribution in [-0.4, -0.2) is 49.1 Å². The lowest BCUT2D eigenvalue weighted by atomic mass is 9.86. The quantitative estimate of drug-likeness (QED) is 0.678. The number of rotatable bonds is 1. The summed E-state index contributed by atoms with van der Waals surface area (Å²) in [4.78, 5) is 5.17. The predicted molar refractivity (Wildman–Crippen MR) is 71.8 cm³/mol. The van der Waals surface area contributed by atoms with Crippen LogP contribution in [0.1, 0.15) is 46.5 Å². The Bertz CT molecular complexity index is 146. The molecule has 0 aromatic heterocycles. The van der Waals surface area contributed by atoms with Crippen molar-refractivity contribution in [2.75, 3.05) is 33.2 Å². The van der Waals surface area contributed by atoms with Crippen molar-refractivity contribution in [2.45, 2.75) is 52.5 Å². The summed E-state index contributed by atoms with van der Waals surface area (Å²) in [7, 11) is 2.24. The van der Waals surface area contributed by atoms with Gasteiger partial charge in [0, 0.05) is 32.2 Å². The molecule has 0 aromatic carbocycles. The molecule has 2 aliphatic rings. The van der Waals surface area contributed by atoms with E-state index in [0.717, 1.165) is 12.0 Å². The monoisotopic (exact) mass is 226 g/mol. The van der Waals surface area contributed by atoms with Crippen molar-refractivity contribution in [3.63, 3.8) is 0 Å². The molecule has 1 heterocycles. The van der Waals surface area contributed by atoms with Crippen LogP contribution in [0.2, 0.25) is 0 Å². The molecule has 2 fully saturated rings. The summed E-state index contributed by atoms with van der Waals surface area (Å²) >= 11 is 0. The molecule has 0 bridgehead atoms. The maximum atomic E-state index is 2.73. The van der Waals surface area contributed by atoms with Crippen LogP contribution in [0.4, 0.5) is 0 Å². The lowest BCUT2D eigenvalue weighted by Crippen LogP contribution is -2.49. The van der Waals surface area contributed by atoms with Gasteiger partial charge in [0.1, 0.15) is 0 Å². The summed E-state index contributed by atoms with van der Waals surface area (Å²) in [5.41, 5.74) is 0. The van der Waals surface area contributed by atoms with Gasteiger partial charge in [-0.05, 0) is 38.6 Å². The van der Waals surface area contributed by atoms with E-state index in [1.807, 2.05) is 13.8 Å². The summed E-state index contributed by atoms with van der Waals surface area (Å²) in [6, 6.07) is 0.917. The highest BCUT2D eigenvalue weighted by molar-refractivity contribution is 4.81. The predicted octanol–water partition coefficient (Wildman–Crippen LogP) is 2.84. The van der Waals surface area contributed by atoms with Gasteiger partial charge in [0.2, 0.25) is 0 Å². The van der Waals surface area contributed by atoms with Crippen molar-refractivity contribution in [3.05, 3.63) is 0 Å². The van der Waals surface area contributed by atoms with E-state index in [9.17, 15) is 0 Å². The number of hydrogen-bond acceptors (Lipinski definition) is 2. The number of nitrogens with zero attached hydrogens (tertiary/aromatic N) is 2. The molecule has 2 heteroatoms. The minimum Gasteiger partial charge on any atom is -0.304 e. The van der Waals surface area contributed by atoms with Crippen molar-refractivity contribution in [2.24, 2.45) is 5.92 Å². The van der Waals surface area contributed by atoms with E-state index in [2.05, 4.69) is 23.8 Å². The van der Waals surface area contributed by atoms with Crippen LogP contribution in [0, 0.1) is 5.92 Å². The fraction of sp³-hybridized carbons (Fsp3) is 1.00. The van der Waals surface area contributed by atoms with Gasteiger partial charge in [0.05, 0.1) is 0 Å². The molecule has 0 unspecified atom stereocenters. The first kappa shape index (κ1) is 14.0. The molecule has 16 heavy (non-hydrogen) atoms. The van der Waals surface area contributed by atoms with Gasteiger partial charge in [-0.2, -0.15) is 0 Å². The van der Waals surface area contributed by atoms with Crippen LogP contribution >= 0.6 is 0 Å². The lowest BCUT2D eigenvalue weighted by molar-refractivity contribution is 0.0832. The molecule has 0 radical (unpaired) electrons. The van der Waals surface area contributed by atoms with E-state index < -0.39 is 0 Å². The third-order valence-electron chi connectivity index (χ3n) is 4.04. The standard InChI is InChI=1S/C12H24N2.C2H6/c1-11-3-5-12(6-4-11)14-9-7-13(2)8-10-14;1-2/h11-12H,3-10H2,1-2H3;1-2H3. The normalized spacial score (nSPS) is 33.0. The Morgan fingerprint density at radius 3 is 1.81 bits per heavy atom. The largest absolute Gasteiger partial charge is 0.304 e. The third kappa shape index (κ3) is 4.06. The molecular weight excluding hydrogens is 196 g/mol. The van der Waals surface area contributed by atoms with Crippen molar-refractivity contribution in [3.8, 4) is 0 Å². The van der Waals surface area contributed by atoms with Gasteiger partial charge in [-0.25, -0.2) is 0 Å². The van der Waals surface area contributed by atoms with E-state index in [1.54, 1.807) is 0 Å². The van der Waals surface area contributed by atoms with E-state index in [1.165, 1.54) is 51.9 Å². The van der Waals surface area contributed by atoms with Gasteiger partial charge in [0.15, 0.2) is 0 Å². The second kappa shape index (κ2) is 7.29. The molecule has 0 spiro atoms. The first-order valence-corrected chi connectivity index (χ1v) is 7.18. The Morgan fingerprint density at radius 1 is 0.812 bits per heavy atom. The minimum atomic E-state index is 0.917. The van der Waals surface area contributed by atoms with Gasteiger partial charge in [-0.1, -0.05) is 20.8 Å². The van der Waals surface area contributed by atoms with Gasteiger partial charge in [0.25, 0.3) is 0 Å². The SMILES string of the molecule is CC.CC1CCC(N2CCN(C)CC2)CC1. The molecule has 1 saturated carbocycles. The molecule has 0 N–H and O–H groups in total. The first-order valence-electron chi connectivity index (χ1n) is 7.18. The fourth-order valence-corrected chi connectivity index (χ4v) is 2.79. The average Bonchev–Trinajstić information content (AvgIpc) is 2.34. The van der Waals surface area contributed by atoms with Crippen molar-refractivity contribution >= 4 is 0 Å². The summed E-state index contributed by atoms with van der Waals surface area (Å²) in [5, 5.41) is 0. The molecule has 1 aliphatic carbocycles. The highest BCUT2D eigenvalue weighted by atomic mass is 15.3.